The van der Waals surface area contributed by atoms with E-state index in [-0.39, 0.29) is 6.04 Å². The second-order valence-electron chi connectivity index (χ2n) is 3.51. The summed E-state index contributed by atoms with van der Waals surface area (Å²) >= 11 is 3.40. The Bertz CT molecular complexity index is 388. The van der Waals surface area contributed by atoms with Gasteiger partial charge in [0.25, 0.3) is 0 Å². The van der Waals surface area contributed by atoms with Crippen molar-refractivity contribution in [1.29, 1.82) is 0 Å². The average molecular weight is 264 g/mol. The van der Waals surface area contributed by atoms with E-state index in [1.807, 2.05) is 31.2 Å². The molecule has 0 saturated heterocycles. The predicted molar refractivity (Wildman–Crippen MR) is 65.3 cm³/mol. The Hall–Kier alpha value is -0.735. The number of rotatable bonds is 2. The van der Waals surface area contributed by atoms with Crippen LogP contribution in [0.1, 0.15) is 12.5 Å². The standard InChI is InChI=1S/C11H11BBrNO/c1-7-10(6-12)11(15-14-7)8-2-4-9(13)5-3-8/h2-5,7,14H,6H2,1H3. The maximum absolute atomic E-state index is 5.69. The van der Waals surface area contributed by atoms with E-state index in [0.717, 1.165) is 21.4 Å². The molecule has 1 N–H and O–H groups in total. The molecule has 0 amide bonds. The number of hydrogen-bond acceptors (Lipinski definition) is 2. The molecule has 1 aromatic carbocycles. The Balaban J connectivity index is 2.38. The first-order chi connectivity index (χ1) is 7.22. The van der Waals surface area contributed by atoms with Crippen LogP contribution in [0, 0.1) is 0 Å². The summed E-state index contributed by atoms with van der Waals surface area (Å²) in [7, 11) is 5.69. The normalized spacial score (nSPS) is 20.5. The summed E-state index contributed by atoms with van der Waals surface area (Å²) in [4.78, 5) is 5.43. The van der Waals surface area contributed by atoms with Crippen molar-refractivity contribution in [2.24, 2.45) is 0 Å². The third-order valence-corrected chi connectivity index (χ3v) is 3.01. The molecule has 4 heteroatoms. The third-order valence-electron chi connectivity index (χ3n) is 2.48. The first kappa shape index (κ1) is 10.8. The van der Waals surface area contributed by atoms with Gasteiger partial charge in [-0.15, -0.1) is 5.48 Å². The lowest BCUT2D eigenvalue weighted by Gasteiger charge is -2.04. The van der Waals surface area contributed by atoms with Gasteiger partial charge >= 0.3 is 0 Å². The van der Waals surface area contributed by atoms with Gasteiger partial charge in [0.05, 0.1) is 13.9 Å². The smallest absolute Gasteiger partial charge is 0.154 e. The molecule has 15 heavy (non-hydrogen) atoms. The molecule has 1 aromatic rings. The van der Waals surface area contributed by atoms with E-state index in [4.69, 9.17) is 12.7 Å². The quantitative estimate of drug-likeness (QED) is 0.829. The van der Waals surface area contributed by atoms with Gasteiger partial charge < -0.3 is 4.84 Å². The minimum absolute atomic E-state index is 0.189. The third kappa shape index (κ3) is 2.11. The van der Waals surface area contributed by atoms with E-state index >= 15 is 0 Å². The van der Waals surface area contributed by atoms with E-state index in [2.05, 4.69) is 21.4 Å². The Kier molecular flexibility index (Phi) is 3.17. The van der Waals surface area contributed by atoms with Gasteiger partial charge in [-0.05, 0) is 24.6 Å². The van der Waals surface area contributed by atoms with Crippen molar-refractivity contribution in [3.63, 3.8) is 0 Å². The summed E-state index contributed by atoms with van der Waals surface area (Å²) in [6, 6.07) is 8.18. The maximum Gasteiger partial charge on any atom is 0.154 e. The Morgan fingerprint density at radius 1 is 1.40 bits per heavy atom. The second-order valence-corrected chi connectivity index (χ2v) is 4.42. The summed E-state index contributed by atoms with van der Waals surface area (Å²) in [5.74, 6) is 0.859. The highest BCUT2D eigenvalue weighted by Crippen LogP contribution is 2.29. The van der Waals surface area contributed by atoms with Crippen LogP contribution in [-0.2, 0) is 4.84 Å². The SMILES string of the molecule is [B]CC1=C(c2ccc(Br)cc2)ONC1C. The summed E-state index contributed by atoms with van der Waals surface area (Å²) < 4.78 is 1.06. The fourth-order valence-electron chi connectivity index (χ4n) is 1.60. The first-order valence-corrected chi connectivity index (χ1v) is 5.63. The molecule has 2 nitrogen and oxygen atoms in total. The van der Waals surface area contributed by atoms with Gasteiger partial charge in [-0.3, -0.25) is 0 Å². The van der Waals surface area contributed by atoms with Crippen molar-refractivity contribution < 1.29 is 4.84 Å². The molecule has 1 heterocycles. The predicted octanol–water partition coefficient (Wildman–Crippen LogP) is 2.67. The summed E-state index contributed by atoms with van der Waals surface area (Å²) in [5.41, 5.74) is 5.08. The zero-order valence-corrected chi connectivity index (χ0v) is 10.0. The van der Waals surface area contributed by atoms with Gasteiger partial charge in [0.1, 0.15) is 0 Å². The van der Waals surface area contributed by atoms with Crippen LogP contribution in [0.2, 0.25) is 6.32 Å². The molecule has 0 fully saturated rings. The molecule has 1 aliphatic heterocycles. The second kappa shape index (κ2) is 4.41. The molecule has 76 valence electrons. The van der Waals surface area contributed by atoms with E-state index in [9.17, 15) is 0 Å². The molecule has 1 atom stereocenters. The first-order valence-electron chi connectivity index (χ1n) is 4.84. The monoisotopic (exact) mass is 263 g/mol. The van der Waals surface area contributed by atoms with Crippen LogP contribution >= 0.6 is 15.9 Å². The van der Waals surface area contributed by atoms with E-state index < -0.39 is 0 Å². The Morgan fingerprint density at radius 3 is 2.67 bits per heavy atom. The van der Waals surface area contributed by atoms with Crippen LogP contribution in [-0.4, -0.2) is 13.9 Å². The minimum Gasteiger partial charge on any atom is -0.408 e. The summed E-state index contributed by atoms with van der Waals surface area (Å²) in [6.07, 6.45) is 0.513. The number of nitrogens with one attached hydrogen (secondary N) is 1. The highest BCUT2D eigenvalue weighted by atomic mass is 79.9. The maximum atomic E-state index is 5.69. The molecule has 0 bridgehead atoms. The highest BCUT2D eigenvalue weighted by molar-refractivity contribution is 9.10. The molecule has 1 unspecified atom stereocenters. The lowest BCUT2D eigenvalue weighted by Crippen LogP contribution is -2.19. The molecule has 0 aromatic heterocycles. The number of benzene rings is 1. The molecular formula is C11H11BBrNO. The van der Waals surface area contributed by atoms with Crippen LogP contribution in [0.5, 0.6) is 0 Å². The van der Waals surface area contributed by atoms with Crippen LogP contribution in [0.4, 0.5) is 0 Å². The zero-order chi connectivity index (χ0) is 10.8. The number of halogens is 1. The van der Waals surface area contributed by atoms with E-state index in [1.54, 1.807) is 0 Å². The van der Waals surface area contributed by atoms with Crippen molar-refractivity contribution in [3.05, 3.63) is 39.9 Å². The minimum atomic E-state index is 0.189. The highest BCUT2D eigenvalue weighted by Gasteiger charge is 2.22. The van der Waals surface area contributed by atoms with Crippen LogP contribution in [0.15, 0.2) is 34.3 Å². The van der Waals surface area contributed by atoms with Gasteiger partial charge in [0.15, 0.2) is 5.76 Å². The van der Waals surface area contributed by atoms with Crippen LogP contribution in [0.25, 0.3) is 5.76 Å². The average Bonchev–Trinajstić information content (AvgIpc) is 2.61. The van der Waals surface area contributed by atoms with Crippen LogP contribution < -0.4 is 5.48 Å². The van der Waals surface area contributed by atoms with Gasteiger partial charge in [0, 0.05) is 10.0 Å². The van der Waals surface area contributed by atoms with Crippen molar-refractivity contribution in [1.82, 2.24) is 5.48 Å². The molecule has 0 spiro atoms. The molecule has 2 rings (SSSR count). The molecule has 1 aliphatic rings. The number of hydrogen-bond donors (Lipinski definition) is 1. The lowest BCUT2D eigenvalue weighted by molar-refractivity contribution is 0.166. The van der Waals surface area contributed by atoms with Gasteiger partial charge in [-0.2, -0.15) is 0 Å². The van der Waals surface area contributed by atoms with Crippen molar-refractivity contribution in [2.75, 3.05) is 0 Å². The lowest BCUT2D eigenvalue weighted by atomic mass is 9.90. The fourth-order valence-corrected chi connectivity index (χ4v) is 1.86. The largest absolute Gasteiger partial charge is 0.408 e. The van der Waals surface area contributed by atoms with Crippen molar-refractivity contribution in [3.8, 4) is 0 Å². The Labute approximate surface area is 99.2 Å². The summed E-state index contributed by atoms with van der Waals surface area (Å²) in [5, 5.41) is 0. The molecule has 2 radical (unpaired) electrons. The van der Waals surface area contributed by atoms with Crippen LogP contribution in [0.3, 0.4) is 0 Å². The van der Waals surface area contributed by atoms with Gasteiger partial charge in [0.2, 0.25) is 0 Å². The molecule has 0 aliphatic carbocycles. The fraction of sp³-hybridized carbons (Fsp3) is 0.273. The molecule has 0 saturated carbocycles. The Morgan fingerprint density at radius 2 is 2.07 bits per heavy atom. The number of hydroxylamine groups is 1. The van der Waals surface area contributed by atoms with Crippen molar-refractivity contribution >= 4 is 29.5 Å². The van der Waals surface area contributed by atoms with Crippen molar-refractivity contribution in [2.45, 2.75) is 19.3 Å². The van der Waals surface area contributed by atoms with Gasteiger partial charge in [-0.25, -0.2) is 0 Å². The topological polar surface area (TPSA) is 21.3 Å². The zero-order valence-electron chi connectivity index (χ0n) is 8.46. The summed E-state index contributed by atoms with van der Waals surface area (Å²) in [6.45, 7) is 2.04. The van der Waals surface area contributed by atoms with E-state index in [0.29, 0.717) is 6.32 Å². The molecular weight excluding hydrogens is 253 g/mol. The van der Waals surface area contributed by atoms with E-state index in [1.165, 1.54) is 0 Å². The van der Waals surface area contributed by atoms with Gasteiger partial charge in [-0.1, -0.05) is 34.4 Å².